The number of oxime groups is 1. The number of carbonyl (C=O) groups excluding carboxylic acids is 1. The van der Waals surface area contributed by atoms with Gasteiger partial charge in [0.05, 0.1) is 0 Å². The highest BCUT2D eigenvalue weighted by Crippen LogP contribution is 2.11. The maximum atomic E-state index is 11.0. The van der Waals surface area contributed by atoms with Crippen molar-refractivity contribution in [1.29, 1.82) is 0 Å². The summed E-state index contributed by atoms with van der Waals surface area (Å²) in [7, 11) is 1.62. The summed E-state index contributed by atoms with van der Waals surface area (Å²) in [4.78, 5) is 11.0. The van der Waals surface area contributed by atoms with Gasteiger partial charge in [0, 0.05) is 32.1 Å². The van der Waals surface area contributed by atoms with Crippen LogP contribution in [0.1, 0.15) is 23.1 Å². The van der Waals surface area contributed by atoms with E-state index in [1.54, 1.807) is 13.1 Å². The van der Waals surface area contributed by atoms with E-state index in [0.717, 1.165) is 11.1 Å². The molecule has 19 heavy (non-hydrogen) atoms. The minimum absolute atomic E-state index is 0.0199. The zero-order valence-electron chi connectivity index (χ0n) is 11.2. The SMILES string of the molecule is CNC(=O)CCNCc1ccc(/C(N)=N/O)cc1C. The lowest BCUT2D eigenvalue weighted by Gasteiger charge is -2.09. The summed E-state index contributed by atoms with van der Waals surface area (Å²) in [6.07, 6.45) is 0.456. The van der Waals surface area contributed by atoms with Crippen LogP contribution in [-0.2, 0) is 11.3 Å². The van der Waals surface area contributed by atoms with E-state index < -0.39 is 0 Å². The largest absolute Gasteiger partial charge is 0.409 e. The molecule has 0 unspecified atom stereocenters. The second kappa shape index (κ2) is 7.38. The Hall–Kier alpha value is -2.08. The Morgan fingerprint density at radius 1 is 1.47 bits per heavy atom. The number of carbonyl (C=O) groups is 1. The van der Waals surface area contributed by atoms with Crippen molar-refractivity contribution in [3.63, 3.8) is 0 Å². The fraction of sp³-hybridized carbons (Fsp3) is 0.385. The Kier molecular flexibility index (Phi) is 5.81. The molecule has 0 aliphatic rings. The fourth-order valence-corrected chi connectivity index (χ4v) is 1.66. The summed E-state index contributed by atoms with van der Waals surface area (Å²) in [5, 5.41) is 17.3. The second-order valence-electron chi connectivity index (χ2n) is 4.23. The van der Waals surface area contributed by atoms with E-state index in [2.05, 4.69) is 15.8 Å². The molecule has 0 aliphatic heterocycles. The van der Waals surface area contributed by atoms with Crippen molar-refractivity contribution >= 4 is 11.7 Å². The number of amides is 1. The van der Waals surface area contributed by atoms with Crippen molar-refractivity contribution in [2.45, 2.75) is 19.9 Å². The Morgan fingerprint density at radius 3 is 2.79 bits per heavy atom. The van der Waals surface area contributed by atoms with E-state index >= 15 is 0 Å². The molecule has 0 fully saturated rings. The van der Waals surface area contributed by atoms with Crippen molar-refractivity contribution in [3.8, 4) is 0 Å². The first kappa shape index (κ1) is 15.0. The average Bonchev–Trinajstić information content (AvgIpc) is 2.43. The van der Waals surface area contributed by atoms with E-state index in [1.165, 1.54) is 0 Å². The number of benzene rings is 1. The van der Waals surface area contributed by atoms with Crippen LogP contribution in [0.3, 0.4) is 0 Å². The molecule has 1 aromatic rings. The molecular weight excluding hydrogens is 244 g/mol. The van der Waals surface area contributed by atoms with E-state index in [4.69, 9.17) is 10.9 Å². The summed E-state index contributed by atoms with van der Waals surface area (Å²) >= 11 is 0. The molecule has 1 amide bonds. The number of hydrogen-bond acceptors (Lipinski definition) is 4. The Balaban J connectivity index is 2.54. The van der Waals surface area contributed by atoms with Gasteiger partial charge in [-0.05, 0) is 24.1 Å². The first-order valence-corrected chi connectivity index (χ1v) is 6.07. The van der Waals surface area contributed by atoms with E-state index in [1.807, 2.05) is 19.1 Å². The quantitative estimate of drug-likeness (QED) is 0.195. The molecule has 0 radical (unpaired) electrons. The summed E-state index contributed by atoms with van der Waals surface area (Å²) in [6.45, 7) is 3.27. The minimum atomic E-state index is 0.0199. The van der Waals surface area contributed by atoms with Gasteiger partial charge in [-0.15, -0.1) is 0 Å². The van der Waals surface area contributed by atoms with Crippen molar-refractivity contribution in [3.05, 3.63) is 34.9 Å². The molecular formula is C13H20N4O2. The molecule has 0 bridgehead atoms. The van der Waals surface area contributed by atoms with Gasteiger partial charge in [0.1, 0.15) is 0 Å². The van der Waals surface area contributed by atoms with Gasteiger partial charge >= 0.3 is 0 Å². The number of aryl methyl sites for hydroxylation is 1. The molecule has 5 N–H and O–H groups in total. The van der Waals surface area contributed by atoms with Crippen molar-refractivity contribution < 1.29 is 10.0 Å². The van der Waals surface area contributed by atoms with Gasteiger partial charge in [-0.2, -0.15) is 0 Å². The third-order valence-electron chi connectivity index (χ3n) is 2.87. The average molecular weight is 264 g/mol. The lowest BCUT2D eigenvalue weighted by Crippen LogP contribution is -2.24. The smallest absolute Gasteiger partial charge is 0.221 e. The Labute approximate surface area is 112 Å². The minimum Gasteiger partial charge on any atom is -0.409 e. The molecule has 0 heterocycles. The van der Waals surface area contributed by atoms with Crippen LogP contribution < -0.4 is 16.4 Å². The molecule has 6 heteroatoms. The maximum Gasteiger partial charge on any atom is 0.221 e. The summed E-state index contributed by atoms with van der Waals surface area (Å²) in [5.41, 5.74) is 8.38. The second-order valence-corrected chi connectivity index (χ2v) is 4.23. The Bertz CT molecular complexity index is 472. The number of nitrogens with two attached hydrogens (primary N) is 1. The van der Waals surface area contributed by atoms with Crippen LogP contribution in [0.15, 0.2) is 23.4 Å². The third kappa shape index (κ3) is 4.59. The highest BCUT2D eigenvalue weighted by Gasteiger charge is 2.04. The van der Waals surface area contributed by atoms with E-state index in [0.29, 0.717) is 25.1 Å². The number of nitrogens with one attached hydrogen (secondary N) is 2. The normalized spacial score (nSPS) is 11.4. The molecule has 0 atom stereocenters. The molecule has 0 saturated carbocycles. The van der Waals surface area contributed by atoms with Gasteiger partial charge in [-0.1, -0.05) is 17.3 Å². The van der Waals surface area contributed by atoms with Crippen LogP contribution in [-0.4, -0.2) is 30.5 Å². The van der Waals surface area contributed by atoms with Crippen LogP contribution in [0, 0.1) is 6.92 Å². The van der Waals surface area contributed by atoms with E-state index in [-0.39, 0.29) is 11.7 Å². The fourth-order valence-electron chi connectivity index (χ4n) is 1.66. The highest BCUT2D eigenvalue weighted by atomic mass is 16.4. The monoisotopic (exact) mass is 264 g/mol. The molecule has 1 aromatic carbocycles. The van der Waals surface area contributed by atoms with Gasteiger partial charge in [-0.25, -0.2) is 0 Å². The van der Waals surface area contributed by atoms with Crippen LogP contribution in [0.4, 0.5) is 0 Å². The molecule has 0 saturated heterocycles. The van der Waals surface area contributed by atoms with Crippen LogP contribution in [0.5, 0.6) is 0 Å². The molecule has 6 nitrogen and oxygen atoms in total. The summed E-state index contributed by atoms with van der Waals surface area (Å²) in [5.74, 6) is 0.119. The molecule has 0 spiro atoms. The van der Waals surface area contributed by atoms with E-state index in [9.17, 15) is 4.79 Å². The van der Waals surface area contributed by atoms with Gasteiger partial charge in [0.25, 0.3) is 0 Å². The molecule has 0 aromatic heterocycles. The summed E-state index contributed by atoms with van der Waals surface area (Å²) < 4.78 is 0. The maximum absolute atomic E-state index is 11.0. The third-order valence-corrected chi connectivity index (χ3v) is 2.87. The van der Waals surface area contributed by atoms with Crippen molar-refractivity contribution in [1.82, 2.24) is 10.6 Å². The molecule has 0 aliphatic carbocycles. The predicted octanol–water partition coefficient (Wildman–Crippen LogP) is 0.315. The van der Waals surface area contributed by atoms with Crippen LogP contribution in [0.2, 0.25) is 0 Å². The van der Waals surface area contributed by atoms with Gasteiger partial charge < -0.3 is 21.6 Å². The van der Waals surface area contributed by atoms with Crippen LogP contribution in [0.25, 0.3) is 0 Å². The topological polar surface area (TPSA) is 99.7 Å². The van der Waals surface area contributed by atoms with Crippen molar-refractivity contribution in [2.24, 2.45) is 10.9 Å². The lowest BCUT2D eigenvalue weighted by atomic mass is 10.0. The number of rotatable bonds is 6. The first-order valence-electron chi connectivity index (χ1n) is 6.07. The predicted molar refractivity (Wildman–Crippen MR) is 74.1 cm³/mol. The molecule has 104 valence electrons. The Morgan fingerprint density at radius 2 is 2.21 bits per heavy atom. The first-order chi connectivity index (χ1) is 9.08. The highest BCUT2D eigenvalue weighted by molar-refractivity contribution is 5.97. The van der Waals surface area contributed by atoms with Gasteiger partial charge in [-0.3, -0.25) is 4.79 Å². The zero-order valence-corrected chi connectivity index (χ0v) is 11.2. The van der Waals surface area contributed by atoms with Crippen LogP contribution >= 0.6 is 0 Å². The molecule has 1 rings (SSSR count). The number of amidine groups is 1. The van der Waals surface area contributed by atoms with Gasteiger partial charge in [0.15, 0.2) is 5.84 Å². The lowest BCUT2D eigenvalue weighted by molar-refractivity contribution is -0.120. The van der Waals surface area contributed by atoms with Crippen molar-refractivity contribution in [2.75, 3.05) is 13.6 Å². The standard InChI is InChI=1S/C13H20N4O2/c1-9-7-10(13(14)17-19)3-4-11(9)8-16-6-5-12(18)15-2/h3-4,7,16,19H,5-6,8H2,1-2H3,(H2,14,17)(H,15,18). The summed E-state index contributed by atoms with van der Waals surface area (Å²) in [6, 6.07) is 5.60. The number of nitrogens with zero attached hydrogens (tertiary/aromatic N) is 1. The van der Waals surface area contributed by atoms with Gasteiger partial charge in [0.2, 0.25) is 5.91 Å². The number of hydrogen-bond donors (Lipinski definition) is 4. The zero-order chi connectivity index (χ0) is 14.3.